The Balaban J connectivity index is 1.64. The van der Waals surface area contributed by atoms with E-state index in [1.807, 2.05) is 24.3 Å². The molecule has 5 rings (SSSR count). The molecule has 126 valence electrons. The van der Waals surface area contributed by atoms with Crippen molar-refractivity contribution in [2.24, 2.45) is 11.8 Å². The van der Waals surface area contributed by atoms with Crippen LogP contribution in [0.4, 0.5) is 0 Å². The fourth-order valence-corrected chi connectivity index (χ4v) is 4.37. The van der Waals surface area contributed by atoms with Gasteiger partial charge in [0.25, 0.3) is 0 Å². The molecule has 0 spiro atoms. The Morgan fingerprint density at radius 3 is 3.17 bits per heavy atom. The van der Waals surface area contributed by atoms with E-state index in [9.17, 15) is 5.11 Å². The highest BCUT2D eigenvalue weighted by atomic mass is 16.5. The number of rotatable bonds is 4. The van der Waals surface area contributed by atoms with Gasteiger partial charge in [0.1, 0.15) is 5.75 Å². The van der Waals surface area contributed by atoms with Gasteiger partial charge in [0.05, 0.1) is 21.5 Å². The minimum atomic E-state index is -0.591. The van der Waals surface area contributed by atoms with E-state index in [1.54, 1.807) is 19.4 Å². The molecule has 1 aromatic carbocycles. The summed E-state index contributed by atoms with van der Waals surface area (Å²) in [4.78, 5) is 6.73. The van der Waals surface area contributed by atoms with Gasteiger partial charge in [0.15, 0.2) is 0 Å². The summed E-state index contributed by atoms with van der Waals surface area (Å²) in [6, 6.07) is 7.71. The highest BCUT2D eigenvalue weighted by Crippen LogP contribution is 2.42. The lowest BCUT2D eigenvalue weighted by Gasteiger charge is -2.50. The number of pyridine rings is 1. The molecule has 3 aliphatic heterocycles. The number of hydrogen-bond donors (Lipinski definition) is 1. The van der Waals surface area contributed by atoms with Crippen molar-refractivity contribution in [2.75, 3.05) is 20.2 Å². The highest BCUT2D eigenvalue weighted by molar-refractivity contribution is 5.83. The van der Waals surface area contributed by atoms with Gasteiger partial charge in [-0.1, -0.05) is 6.08 Å². The highest BCUT2D eigenvalue weighted by Gasteiger charge is 2.42. The van der Waals surface area contributed by atoms with Crippen molar-refractivity contribution in [3.63, 3.8) is 0 Å². The number of aromatic nitrogens is 1. The third-order valence-corrected chi connectivity index (χ3v) is 5.73. The summed E-state index contributed by atoms with van der Waals surface area (Å²) in [6.07, 6.45) is 4.88. The molecule has 1 N–H and O–H groups in total. The fraction of sp³-hybridized carbons (Fsp3) is 0.450. The van der Waals surface area contributed by atoms with E-state index < -0.39 is 6.10 Å². The Kier molecular flexibility index (Phi) is 3.45. The topological polar surface area (TPSA) is 45.6 Å². The molecule has 0 saturated carbocycles. The van der Waals surface area contributed by atoms with Crippen LogP contribution in [0.5, 0.6) is 5.75 Å². The van der Waals surface area contributed by atoms with Crippen LogP contribution in [-0.2, 0) is 0 Å². The second-order valence-corrected chi connectivity index (χ2v) is 6.91. The molecular weight excluding hydrogens is 301 g/mol. The monoisotopic (exact) mass is 327 g/mol. The molecule has 2 bridgehead atoms. The Bertz CT molecular complexity index is 838. The molecule has 4 heterocycles. The molecule has 0 amide bonds. The molecule has 3 saturated heterocycles. The second kappa shape index (κ2) is 6.19. The molecule has 0 radical (unpaired) electrons. The molecule has 3 aliphatic rings. The second-order valence-electron chi connectivity index (χ2n) is 6.91. The van der Waals surface area contributed by atoms with Crippen LogP contribution in [0.15, 0.2) is 43.1 Å². The van der Waals surface area contributed by atoms with Crippen LogP contribution in [0.25, 0.3) is 10.9 Å². The first-order valence-corrected chi connectivity index (χ1v) is 8.56. The van der Waals surface area contributed by atoms with Crippen LogP contribution in [0.1, 0.15) is 27.3 Å². The number of aliphatic hydroxyl groups is 1. The SMILES string of the molecule is [2H][13C]([2H])=C[C@H]1CN2CC[C@H]1C[C@@H]2[C@@H](O)c1ccnc2ccc(OC)cc12. The lowest BCUT2D eigenvalue weighted by Crippen LogP contribution is -2.54. The number of hydrogen-bond acceptors (Lipinski definition) is 4. The lowest BCUT2D eigenvalue weighted by molar-refractivity contribution is -0.0444. The van der Waals surface area contributed by atoms with E-state index in [4.69, 9.17) is 7.48 Å². The van der Waals surface area contributed by atoms with E-state index in [2.05, 4.69) is 9.88 Å². The first-order valence-electron chi connectivity index (χ1n) is 9.56. The number of methoxy groups -OCH3 is 1. The van der Waals surface area contributed by atoms with Crippen LogP contribution in [0.2, 0.25) is 0 Å². The van der Waals surface area contributed by atoms with E-state index in [0.29, 0.717) is 5.92 Å². The third-order valence-electron chi connectivity index (χ3n) is 5.73. The van der Waals surface area contributed by atoms with Crippen molar-refractivity contribution < 1.29 is 12.6 Å². The number of ether oxygens (including phenoxy) is 1. The first-order chi connectivity index (χ1) is 12.6. The van der Waals surface area contributed by atoms with Gasteiger partial charge in [-0.3, -0.25) is 9.88 Å². The standard InChI is InChI=1S/C20H24N2O2/c1-3-13-12-22-9-7-14(13)10-19(22)20(23)16-6-8-21-18-5-4-15(24-2)11-17(16)18/h3-6,8,11,13-14,19-20,23H,1,7,9-10,12H2,2H3/t13-,14-,19+,20-/m0/s1/i1+1D2. The van der Waals surface area contributed by atoms with Gasteiger partial charge in [-0.2, -0.15) is 0 Å². The summed E-state index contributed by atoms with van der Waals surface area (Å²) in [5, 5.41) is 12.1. The number of benzene rings is 1. The average Bonchev–Trinajstić information content (AvgIpc) is 2.66. The summed E-state index contributed by atoms with van der Waals surface area (Å²) in [5.74, 6) is 1.45. The van der Waals surface area contributed by atoms with Gasteiger partial charge in [-0.15, -0.1) is 6.53 Å². The van der Waals surface area contributed by atoms with Crippen molar-refractivity contribution >= 4 is 10.9 Å². The van der Waals surface area contributed by atoms with Gasteiger partial charge in [-0.05, 0) is 61.1 Å². The predicted molar refractivity (Wildman–Crippen MR) is 95.0 cm³/mol. The zero-order chi connectivity index (χ0) is 18.3. The summed E-state index contributed by atoms with van der Waals surface area (Å²) >= 11 is 0. The first kappa shape index (κ1) is 13.4. The van der Waals surface area contributed by atoms with E-state index in [-0.39, 0.29) is 18.5 Å². The molecule has 3 fully saturated rings. The maximum Gasteiger partial charge on any atom is 0.119 e. The van der Waals surface area contributed by atoms with Crippen LogP contribution in [0.3, 0.4) is 0 Å². The van der Waals surface area contributed by atoms with Crippen molar-refractivity contribution in [3.05, 3.63) is 48.6 Å². The Morgan fingerprint density at radius 1 is 1.50 bits per heavy atom. The Morgan fingerprint density at radius 2 is 2.42 bits per heavy atom. The molecule has 5 atom stereocenters. The van der Waals surface area contributed by atoms with Crippen molar-refractivity contribution in [1.82, 2.24) is 9.88 Å². The number of aliphatic hydroxyl groups excluding tert-OH is 1. The van der Waals surface area contributed by atoms with Crippen molar-refractivity contribution in [2.45, 2.75) is 25.0 Å². The Labute approximate surface area is 145 Å². The van der Waals surface area contributed by atoms with Crippen LogP contribution >= 0.6 is 0 Å². The maximum absolute atomic E-state index is 11.2. The number of piperidine rings is 3. The summed E-state index contributed by atoms with van der Waals surface area (Å²) in [6.45, 7) is 1.68. The number of fused-ring (bicyclic) bond motifs is 4. The zero-order valence-electron chi connectivity index (χ0n) is 15.9. The molecule has 4 heteroatoms. The normalized spacial score (nSPS) is 31.2. The van der Waals surface area contributed by atoms with Gasteiger partial charge >= 0.3 is 0 Å². The number of nitrogens with zero attached hydrogens (tertiary/aromatic N) is 2. The van der Waals surface area contributed by atoms with Crippen molar-refractivity contribution in [1.29, 1.82) is 0 Å². The lowest BCUT2D eigenvalue weighted by atomic mass is 9.74. The van der Waals surface area contributed by atoms with Crippen LogP contribution in [0, 0.1) is 11.8 Å². The summed E-state index contributed by atoms with van der Waals surface area (Å²) in [5.41, 5.74) is 1.74. The van der Waals surface area contributed by atoms with Crippen LogP contribution < -0.4 is 4.74 Å². The summed E-state index contributed by atoms with van der Waals surface area (Å²) < 4.78 is 20.2. The molecule has 1 aromatic heterocycles. The molecular formula is C20H24N2O2. The van der Waals surface area contributed by atoms with Gasteiger partial charge in [-0.25, -0.2) is 0 Å². The fourth-order valence-electron chi connectivity index (χ4n) is 4.37. The minimum Gasteiger partial charge on any atom is -0.497 e. The molecule has 0 aliphatic carbocycles. The average molecular weight is 327 g/mol. The van der Waals surface area contributed by atoms with E-state index in [0.717, 1.165) is 48.1 Å². The summed E-state index contributed by atoms with van der Waals surface area (Å²) in [7, 11) is 1.64. The van der Waals surface area contributed by atoms with Gasteiger partial charge < -0.3 is 9.84 Å². The van der Waals surface area contributed by atoms with Gasteiger partial charge in [0.2, 0.25) is 0 Å². The molecule has 24 heavy (non-hydrogen) atoms. The predicted octanol–water partition coefficient (Wildman–Crippen LogP) is 3.17. The minimum absolute atomic E-state index is 0.0649. The molecule has 4 nitrogen and oxygen atoms in total. The van der Waals surface area contributed by atoms with E-state index >= 15 is 0 Å². The third kappa shape index (κ3) is 2.50. The quantitative estimate of drug-likeness (QED) is 0.692. The largest absolute Gasteiger partial charge is 0.497 e. The zero-order valence-corrected chi connectivity index (χ0v) is 13.9. The van der Waals surface area contributed by atoms with Crippen molar-refractivity contribution in [3.8, 4) is 5.75 Å². The van der Waals surface area contributed by atoms with E-state index in [1.165, 1.54) is 0 Å². The van der Waals surface area contributed by atoms with Crippen LogP contribution in [-0.4, -0.2) is 41.2 Å². The maximum atomic E-state index is 11.2. The molecule has 2 aromatic rings. The Hall–Kier alpha value is -1.91. The molecule has 1 unspecified atom stereocenters. The smallest absolute Gasteiger partial charge is 0.119 e. The van der Waals surface area contributed by atoms with Gasteiger partial charge in [0, 0.05) is 24.2 Å².